The van der Waals surface area contributed by atoms with E-state index in [1.807, 2.05) is 0 Å². The first-order valence-electron chi connectivity index (χ1n) is 4.10. The van der Waals surface area contributed by atoms with Crippen LogP contribution in [0, 0.1) is 12.3 Å². The van der Waals surface area contributed by atoms with E-state index in [0.717, 1.165) is 4.31 Å². The third kappa shape index (κ3) is 2.46. The lowest BCUT2D eigenvalue weighted by atomic mass is 10.5. The van der Waals surface area contributed by atoms with Crippen LogP contribution in [0.5, 0.6) is 0 Å². The number of sulfonamides is 1. The molecule has 80 valence electrons. The Bertz CT molecular complexity index is 473. The Morgan fingerprint density at radius 3 is 2.73 bits per heavy atom. The van der Waals surface area contributed by atoms with Crippen molar-refractivity contribution >= 4 is 15.8 Å². The maximum Gasteiger partial charge on any atom is 0.245 e. The fraction of sp³-hybridized carbons (Fsp3) is 0.222. The molecule has 0 aliphatic heterocycles. The first-order chi connectivity index (χ1) is 6.98. The van der Waals surface area contributed by atoms with Crippen molar-refractivity contribution < 1.29 is 8.42 Å². The number of nitrogens with zero attached hydrogens (tertiary/aromatic N) is 2. The van der Waals surface area contributed by atoms with E-state index < -0.39 is 10.0 Å². The molecule has 1 aromatic rings. The highest BCUT2D eigenvalue weighted by molar-refractivity contribution is 7.89. The molecule has 0 saturated carbocycles. The zero-order valence-corrected chi connectivity index (χ0v) is 9.03. The Hall–Kier alpha value is -1.58. The lowest BCUT2D eigenvalue weighted by Gasteiger charge is -2.13. The van der Waals surface area contributed by atoms with Crippen molar-refractivity contribution in [2.24, 2.45) is 0 Å². The summed E-state index contributed by atoms with van der Waals surface area (Å²) in [4.78, 5) is 3.79. The van der Waals surface area contributed by atoms with Gasteiger partial charge in [0.15, 0.2) is 0 Å². The molecule has 6 heteroatoms. The van der Waals surface area contributed by atoms with Crippen molar-refractivity contribution in [3.63, 3.8) is 0 Å². The minimum absolute atomic E-state index is 0.0205. The van der Waals surface area contributed by atoms with E-state index in [0.29, 0.717) is 0 Å². The van der Waals surface area contributed by atoms with Gasteiger partial charge < -0.3 is 5.73 Å². The number of aromatic nitrogens is 1. The van der Waals surface area contributed by atoms with Crippen LogP contribution in [0.15, 0.2) is 23.2 Å². The lowest BCUT2D eigenvalue weighted by molar-refractivity contribution is 0.502. The molecule has 0 aliphatic carbocycles. The van der Waals surface area contributed by atoms with E-state index >= 15 is 0 Å². The molecule has 1 heterocycles. The predicted octanol–water partition coefficient (Wildman–Crippen LogP) is -0.0825. The van der Waals surface area contributed by atoms with E-state index in [1.54, 1.807) is 0 Å². The number of hydrogen-bond acceptors (Lipinski definition) is 4. The first-order valence-corrected chi connectivity index (χ1v) is 5.54. The highest BCUT2D eigenvalue weighted by atomic mass is 32.2. The highest BCUT2D eigenvalue weighted by Gasteiger charge is 2.19. The molecule has 1 aromatic heterocycles. The van der Waals surface area contributed by atoms with Gasteiger partial charge in [-0.25, -0.2) is 13.4 Å². The third-order valence-electron chi connectivity index (χ3n) is 1.78. The van der Waals surface area contributed by atoms with Gasteiger partial charge in [0.05, 0.1) is 6.54 Å². The number of terminal acetylenes is 1. The summed E-state index contributed by atoms with van der Waals surface area (Å²) in [5, 5.41) is 0. The summed E-state index contributed by atoms with van der Waals surface area (Å²) in [5.74, 6) is 2.53. The van der Waals surface area contributed by atoms with Crippen LogP contribution in [0.1, 0.15) is 0 Å². The number of anilines is 1. The smallest absolute Gasteiger partial charge is 0.245 e. The summed E-state index contributed by atoms with van der Waals surface area (Å²) < 4.78 is 24.6. The second-order valence-electron chi connectivity index (χ2n) is 2.88. The zero-order chi connectivity index (χ0) is 11.5. The van der Waals surface area contributed by atoms with Gasteiger partial charge in [-0.3, -0.25) is 0 Å². The number of nitrogens with two attached hydrogens (primary N) is 1. The molecule has 0 fully saturated rings. The van der Waals surface area contributed by atoms with Crippen molar-refractivity contribution in [3.05, 3.63) is 18.3 Å². The fourth-order valence-electron chi connectivity index (χ4n) is 0.938. The van der Waals surface area contributed by atoms with Crippen LogP contribution in [0.4, 0.5) is 5.82 Å². The monoisotopic (exact) mass is 225 g/mol. The predicted molar refractivity (Wildman–Crippen MR) is 57.3 cm³/mol. The second kappa shape index (κ2) is 4.29. The Kier molecular flexibility index (Phi) is 3.29. The number of nitrogen functional groups attached to an aromatic ring is 1. The van der Waals surface area contributed by atoms with Crippen LogP contribution in [0.3, 0.4) is 0 Å². The molecular weight excluding hydrogens is 214 g/mol. The second-order valence-corrected chi connectivity index (χ2v) is 4.93. The van der Waals surface area contributed by atoms with Gasteiger partial charge in [-0.1, -0.05) is 5.92 Å². The summed E-state index contributed by atoms with van der Waals surface area (Å²) in [7, 11) is -2.14. The third-order valence-corrected chi connectivity index (χ3v) is 3.57. The molecule has 0 radical (unpaired) electrons. The van der Waals surface area contributed by atoms with Gasteiger partial charge in [-0.05, 0) is 12.1 Å². The molecule has 5 nitrogen and oxygen atoms in total. The molecule has 0 saturated heterocycles. The molecule has 0 amide bonds. The van der Waals surface area contributed by atoms with Crippen molar-refractivity contribution in [2.45, 2.75) is 4.90 Å². The molecule has 0 unspecified atom stereocenters. The van der Waals surface area contributed by atoms with Gasteiger partial charge in [0.25, 0.3) is 0 Å². The van der Waals surface area contributed by atoms with Crippen LogP contribution >= 0.6 is 0 Å². The van der Waals surface area contributed by atoms with Gasteiger partial charge in [0.1, 0.15) is 10.7 Å². The number of rotatable bonds is 3. The topological polar surface area (TPSA) is 76.3 Å². The molecule has 0 bridgehead atoms. The molecule has 0 aliphatic rings. The van der Waals surface area contributed by atoms with Crippen molar-refractivity contribution in [3.8, 4) is 12.3 Å². The summed E-state index contributed by atoms with van der Waals surface area (Å²) in [5.41, 5.74) is 5.35. The fourth-order valence-corrected chi connectivity index (χ4v) is 1.97. The highest BCUT2D eigenvalue weighted by Crippen LogP contribution is 2.13. The van der Waals surface area contributed by atoms with Gasteiger partial charge in [0.2, 0.25) is 10.0 Å². The average Bonchev–Trinajstić information content (AvgIpc) is 2.18. The average molecular weight is 225 g/mol. The van der Waals surface area contributed by atoms with Gasteiger partial charge in [0, 0.05) is 13.2 Å². The van der Waals surface area contributed by atoms with Crippen LogP contribution in [0.25, 0.3) is 0 Å². The van der Waals surface area contributed by atoms with Gasteiger partial charge in [-0.15, -0.1) is 6.42 Å². The Morgan fingerprint density at radius 1 is 1.60 bits per heavy atom. The molecular formula is C9H11N3O2S. The van der Waals surface area contributed by atoms with Crippen LogP contribution in [0.2, 0.25) is 0 Å². The van der Waals surface area contributed by atoms with Gasteiger partial charge in [-0.2, -0.15) is 4.31 Å². The largest absolute Gasteiger partial charge is 0.384 e. The molecule has 0 spiro atoms. The lowest BCUT2D eigenvalue weighted by Crippen LogP contribution is -2.27. The quantitative estimate of drug-likeness (QED) is 0.730. The van der Waals surface area contributed by atoms with Crippen LogP contribution in [-0.4, -0.2) is 31.3 Å². The van der Waals surface area contributed by atoms with Crippen LogP contribution in [-0.2, 0) is 10.0 Å². The van der Waals surface area contributed by atoms with E-state index in [2.05, 4.69) is 10.9 Å². The van der Waals surface area contributed by atoms with E-state index in [1.165, 1.54) is 25.4 Å². The maximum atomic E-state index is 11.8. The van der Waals surface area contributed by atoms with E-state index in [4.69, 9.17) is 12.2 Å². The van der Waals surface area contributed by atoms with Crippen molar-refractivity contribution in [1.82, 2.24) is 9.29 Å². The Balaban J connectivity index is 3.07. The Labute approximate surface area is 89.0 Å². The zero-order valence-electron chi connectivity index (χ0n) is 8.21. The summed E-state index contributed by atoms with van der Waals surface area (Å²) in [6.07, 6.45) is 6.24. The van der Waals surface area contributed by atoms with E-state index in [-0.39, 0.29) is 17.3 Å². The minimum atomic E-state index is -3.55. The molecule has 15 heavy (non-hydrogen) atoms. The standard InChI is InChI=1S/C9H11N3O2S/c1-3-6-12(2)15(13,14)8-4-5-9(10)11-7-8/h1,4-5,7H,6H2,2H3,(H2,10,11). The molecule has 2 N–H and O–H groups in total. The molecule has 1 rings (SSSR count). The molecule has 0 aromatic carbocycles. The maximum absolute atomic E-state index is 11.8. The number of hydrogen-bond donors (Lipinski definition) is 1. The summed E-state index contributed by atoms with van der Waals surface area (Å²) in [6, 6.07) is 2.82. The van der Waals surface area contributed by atoms with Crippen molar-refractivity contribution in [2.75, 3.05) is 19.3 Å². The van der Waals surface area contributed by atoms with E-state index in [9.17, 15) is 8.42 Å². The summed E-state index contributed by atoms with van der Waals surface area (Å²) >= 11 is 0. The normalized spacial score (nSPS) is 11.3. The number of pyridine rings is 1. The van der Waals surface area contributed by atoms with Crippen molar-refractivity contribution in [1.29, 1.82) is 0 Å². The molecule has 0 atom stereocenters. The first kappa shape index (κ1) is 11.5. The van der Waals surface area contributed by atoms with Crippen LogP contribution < -0.4 is 5.73 Å². The Morgan fingerprint density at radius 2 is 2.27 bits per heavy atom. The minimum Gasteiger partial charge on any atom is -0.384 e. The SMILES string of the molecule is C#CCN(C)S(=O)(=O)c1ccc(N)nc1. The summed E-state index contributed by atoms with van der Waals surface area (Å²) in [6.45, 7) is 0.0205. The van der Waals surface area contributed by atoms with Gasteiger partial charge >= 0.3 is 0 Å².